The molecule has 0 bridgehead atoms. The Balaban J connectivity index is 2.24. The second-order valence-corrected chi connectivity index (χ2v) is 8.30. The molecule has 1 atom stereocenters. The van der Waals surface area contributed by atoms with Crippen LogP contribution in [-0.2, 0) is 14.8 Å². The van der Waals surface area contributed by atoms with Crippen molar-refractivity contribution in [1.82, 2.24) is 0 Å². The molecule has 3 N–H and O–H groups in total. The Bertz CT molecular complexity index is 994. The van der Waals surface area contributed by atoms with E-state index in [4.69, 9.17) is 23.2 Å². The van der Waals surface area contributed by atoms with Crippen LogP contribution in [0.4, 0.5) is 24.5 Å². The van der Waals surface area contributed by atoms with Gasteiger partial charge in [-0.3, -0.25) is 9.52 Å². The third-order valence-corrected chi connectivity index (χ3v) is 5.53. The van der Waals surface area contributed by atoms with Gasteiger partial charge in [-0.25, -0.2) is 8.42 Å². The van der Waals surface area contributed by atoms with Crippen LogP contribution in [0.5, 0.6) is 0 Å². The lowest BCUT2D eigenvalue weighted by Crippen LogP contribution is -2.52. The fourth-order valence-electron chi connectivity index (χ4n) is 1.87. The quantitative estimate of drug-likeness (QED) is 0.632. The molecule has 2 aromatic carbocycles. The molecule has 0 radical (unpaired) electrons. The van der Waals surface area contributed by atoms with Crippen molar-refractivity contribution in [3.63, 3.8) is 0 Å². The van der Waals surface area contributed by atoms with Gasteiger partial charge in [-0.05, 0) is 49.4 Å². The summed E-state index contributed by atoms with van der Waals surface area (Å²) in [6.07, 6.45) is -5.21. The molecule has 0 spiro atoms. The number of rotatable bonds is 5. The average Bonchev–Trinajstić information content (AvgIpc) is 2.57. The highest BCUT2D eigenvalue weighted by molar-refractivity contribution is 7.92. The van der Waals surface area contributed by atoms with Gasteiger partial charge in [0.05, 0.1) is 15.6 Å². The van der Waals surface area contributed by atoms with Crippen molar-refractivity contribution in [3.05, 3.63) is 52.5 Å². The van der Waals surface area contributed by atoms with Crippen LogP contribution in [0.25, 0.3) is 0 Å². The third kappa shape index (κ3) is 4.88. The summed E-state index contributed by atoms with van der Waals surface area (Å²) in [5.74, 6) is -1.77. The van der Waals surface area contributed by atoms with Crippen LogP contribution in [0, 0.1) is 0 Å². The van der Waals surface area contributed by atoms with E-state index in [-0.39, 0.29) is 28.2 Å². The van der Waals surface area contributed by atoms with E-state index in [2.05, 4.69) is 4.72 Å². The largest absolute Gasteiger partial charge is 0.426 e. The van der Waals surface area contributed by atoms with Crippen LogP contribution in [0.2, 0.25) is 10.0 Å². The normalized spacial score (nSPS) is 14.2. The number of anilines is 2. The highest BCUT2D eigenvalue weighted by atomic mass is 35.5. The zero-order chi connectivity index (χ0) is 21.3. The van der Waals surface area contributed by atoms with Crippen molar-refractivity contribution in [3.8, 4) is 0 Å². The number of amides is 1. The van der Waals surface area contributed by atoms with Gasteiger partial charge in [-0.2, -0.15) is 13.2 Å². The molecule has 6 nitrogen and oxygen atoms in total. The zero-order valence-corrected chi connectivity index (χ0v) is 16.3. The van der Waals surface area contributed by atoms with E-state index in [1.54, 1.807) is 0 Å². The van der Waals surface area contributed by atoms with Crippen LogP contribution in [0.1, 0.15) is 6.92 Å². The number of hydrogen-bond acceptors (Lipinski definition) is 4. The maximum atomic E-state index is 12.7. The molecule has 0 unspecified atom stereocenters. The van der Waals surface area contributed by atoms with E-state index < -0.39 is 27.7 Å². The smallest absolute Gasteiger partial charge is 0.373 e. The lowest BCUT2D eigenvalue weighted by Gasteiger charge is -2.25. The molecule has 0 saturated carbocycles. The van der Waals surface area contributed by atoms with Crippen molar-refractivity contribution in [1.29, 1.82) is 0 Å². The SMILES string of the molecule is C[C@@](O)(C(=O)Nc1ccc(S(=O)(=O)Nc2ccc(Cl)cc2)cc1Cl)C(F)(F)F. The molecule has 0 aliphatic heterocycles. The van der Waals surface area contributed by atoms with Crippen LogP contribution < -0.4 is 10.0 Å². The second kappa shape index (κ2) is 7.78. The van der Waals surface area contributed by atoms with Gasteiger partial charge in [-0.15, -0.1) is 0 Å². The van der Waals surface area contributed by atoms with Gasteiger partial charge in [-0.1, -0.05) is 23.2 Å². The molecule has 0 aromatic heterocycles. The van der Waals surface area contributed by atoms with Gasteiger partial charge < -0.3 is 10.4 Å². The molecule has 12 heteroatoms. The number of nitrogens with one attached hydrogen (secondary N) is 2. The van der Waals surface area contributed by atoms with Gasteiger partial charge >= 0.3 is 6.18 Å². The number of hydrogen-bond donors (Lipinski definition) is 3. The minimum Gasteiger partial charge on any atom is -0.373 e. The number of carbonyl (C=O) groups excluding carboxylic acids is 1. The first-order valence-electron chi connectivity index (χ1n) is 7.42. The second-order valence-electron chi connectivity index (χ2n) is 5.78. The van der Waals surface area contributed by atoms with Gasteiger partial charge in [0.1, 0.15) is 0 Å². The van der Waals surface area contributed by atoms with Crippen LogP contribution in [0.15, 0.2) is 47.4 Å². The van der Waals surface area contributed by atoms with E-state index >= 15 is 0 Å². The standard InChI is InChI=1S/C16H13Cl2F3N2O4S/c1-15(25,16(19,20)21)14(24)22-13-7-6-11(8-12(13)18)28(26,27)23-10-4-2-9(17)3-5-10/h2-8,23,25H,1H3,(H,22,24)/t15-/m1/s1. The Hall–Kier alpha value is -2.01. The Labute approximate surface area is 168 Å². The Kier molecular flexibility index (Phi) is 6.19. The number of sulfonamides is 1. The zero-order valence-electron chi connectivity index (χ0n) is 14.0. The first-order valence-corrected chi connectivity index (χ1v) is 9.66. The molecule has 0 saturated heterocycles. The monoisotopic (exact) mass is 456 g/mol. The molecule has 0 aliphatic carbocycles. The van der Waals surface area contributed by atoms with E-state index in [0.29, 0.717) is 5.02 Å². The maximum Gasteiger partial charge on any atom is 0.426 e. The van der Waals surface area contributed by atoms with E-state index in [1.807, 2.05) is 5.32 Å². The lowest BCUT2D eigenvalue weighted by atomic mass is 10.1. The summed E-state index contributed by atoms with van der Waals surface area (Å²) in [6.45, 7) is 0.283. The van der Waals surface area contributed by atoms with Gasteiger partial charge in [0.25, 0.3) is 15.9 Å². The summed E-state index contributed by atoms with van der Waals surface area (Å²) >= 11 is 11.6. The molecule has 28 heavy (non-hydrogen) atoms. The molecule has 0 fully saturated rings. The Morgan fingerprint density at radius 3 is 2.14 bits per heavy atom. The molecular weight excluding hydrogens is 444 g/mol. The Morgan fingerprint density at radius 1 is 1.07 bits per heavy atom. The number of halogens is 5. The fraction of sp³-hybridized carbons (Fsp3) is 0.188. The molecule has 2 aromatic rings. The number of alkyl halides is 3. The number of aliphatic hydroxyl groups is 1. The summed E-state index contributed by atoms with van der Waals surface area (Å²) in [4.78, 5) is 11.4. The first kappa shape index (κ1) is 22.3. The highest BCUT2D eigenvalue weighted by Crippen LogP contribution is 2.33. The minimum atomic E-state index is -5.21. The van der Waals surface area contributed by atoms with E-state index in [0.717, 1.165) is 18.2 Å². The fourth-order valence-corrected chi connectivity index (χ4v) is 3.37. The van der Waals surface area contributed by atoms with Crippen molar-refractivity contribution in [2.75, 3.05) is 10.0 Å². The average molecular weight is 457 g/mol. The maximum absolute atomic E-state index is 12.7. The van der Waals surface area contributed by atoms with Gasteiger partial charge in [0.2, 0.25) is 5.60 Å². The van der Waals surface area contributed by atoms with Crippen LogP contribution in [-0.4, -0.2) is 31.2 Å². The molecule has 1 amide bonds. The Morgan fingerprint density at radius 2 is 1.64 bits per heavy atom. The van der Waals surface area contributed by atoms with Crippen LogP contribution >= 0.6 is 23.2 Å². The van der Waals surface area contributed by atoms with Gasteiger partial charge in [0.15, 0.2) is 0 Å². The van der Waals surface area contributed by atoms with Crippen LogP contribution in [0.3, 0.4) is 0 Å². The van der Waals surface area contributed by atoms with Crippen molar-refractivity contribution < 1.29 is 31.5 Å². The van der Waals surface area contributed by atoms with Crippen molar-refractivity contribution in [2.45, 2.75) is 23.6 Å². The molecule has 2 rings (SSSR count). The number of carbonyl (C=O) groups is 1. The molecule has 0 aliphatic rings. The predicted octanol–water partition coefficient (Wildman–Crippen LogP) is 4.05. The molecular formula is C16H13Cl2F3N2O4S. The van der Waals surface area contributed by atoms with E-state index in [9.17, 15) is 31.5 Å². The minimum absolute atomic E-state index is 0.221. The summed E-state index contributed by atoms with van der Waals surface area (Å²) < 4.78 is 65.1. The predicted molar refractivity (Wildman–Crippen MR) is 99.0 cm³/mol. The van der Waals surface area contributed by atoms with E-state index in [1.165, 1.54) is 24.3 Å². The van der Waals surface area contributed by atoms with Gasteiger partial charge in [0, 0.05) is 10.7 Å². The molecule has 0 heterocycles. The number of benzene rings is 2. The highest BCUT2D eigenvalue weighted by Gasteiger charge is 2.55. The lowest BCUT2D eigenvalue weighted by molar-refractivity contribution is -0.242. The summed E-state index contributed by atoms with van der Waals surface area (Å²) in [7, 11) is -4.07. The first-order chi connectivity index (χ1) is 12.7. The van der Waals surface area contributed by atoms with Crippen molar-refractivity contribution in [2.24, 2.45) is 0 Å². The summed E-state index contributed by atoms with van der Waals surface area (Å²) in [5.41, 5.74) is -3.74. The third-order valence-electron chi connectivity index (χ3n) is 3.59. The topological polar surface area (TPSA) is 95.5 Å². The molecule has 152 valence electrons. The van der Waals surface area contributed by atoms with Crippen molar-refractivity contribution >= 4 is 50.5 Å². The summed E-state index contributed by atoms with van der Waals surface area (Å²) in [6, 6.07) is 8.77. The summed E-state index contributed by atoms with van der Waals surface area (Å²) in [5, 5.41) is 11.2.